The molecule has 2 rings (SSSR count). The number of amides is 1. The standard InChI is InChI=1S/C17H20FN3O3/c1-11(2)14-8-15(20(3)19-14)17(24)21(10-16(22)23)9-12-4-6-13(18)7-5-12/h4-8,11H,9-10H2,1-3H3,(H,22,23). The van der Waals surface area contributed by atoms with Crippen LogP contribution in [-0.4, -0.2) is 38.2 Å². The van der Waals surface area contributed by atoms with Crippen molar-refractivity contribution in [3.8, 4) is 0 Å². The van der Waals surface area contributed by atoms with Gasteiger partial charge >= 0.3 is 5.97 Å². The Bertz CT molecular complexity index is 738. The van der Waals surface area contributed by atoms with Gasteiger partial charge in [-0.15, -0.1) is 0 Å². The zero-order valence-corrected chi connectivity index (χ0v) is 13.9. The first-order valence-corrected chi connectivity index (χ1v) is 7.57. The van der Waals surface area contributed by atoms with E-state index in [0.29, 0.717) is 11.3 Å². The number of rotatable bonds is 6. The van der Waals surface area contributed by atoms with E-state index in [2.05, 4.69) is 5.10 Å². The summed E-state index contributed by atoms with van der Waals surface area (Å²) in [7, 11) is 1.65. The number of carboxylic acid groups (broad SMARTS) is 1. The van der Waals surface area contributed by atoms with Crippen molar-refractivity contribution in [1.82, 2.24) is 14.7 Å². The molecule has 1 aromatic heterocycles. The van der Waals surface area contributed by atoms with Gasteiger partial charge in [-0.1, -0.05) is 26.0 Å². The smallest absolute Gasteiger partial charge is 0.323 e. The molecule has 1 N–H and O–H groups in total. The zero-order valence-electron chi connectivity index (χ0n) is 13.9. The molecule has 7 heteroatoms. The van der Waals surface area contributed by atoms with Gasteiger partial charge in [0.15, 0.2) is 0 Å². The Hall–Kier alpha value is -2.70. The van der Waals surface area contributed by atoms with Gasteiger partial charge in [0.25, 0.3) is 5.91 Å². The number of hydrogen-bond acceptors (Lipinski definition) is 3. The van der Waals surface area contributed by atoms with Crippen molar-refractivity contribution in [3.05, 3.63) is 53.1 Å². The molecule has 0 atom stereocenters. The predicted octanol–water partition coefficient (Wildman–Crippen LogP) is 2.41. The molecule has 1 aromatic carbocycles. The molecule has 0 spiro atoms. The highest BCUT2D eigenvalue weighted by Crippen LogP contribution is 2.16. The first kappa shape index (κ1) is 17.7. The fourth-order valence-corrected chi connectivity index (χ4v) is 2.31. The molecule has 0 unspecified atom stereocenters. The summed E-state index contributed by atoms with van der Waals surface area (Å²) in [5, 5.41) is 13.4. The Morgan fingerprint density at radius 3 is 2.42 bits per heavy atom. The number of carbonyl (C=O) groups excluding carboxylic acids is 1. The maximum atomic E-state index is 13.0. The van der Waals surface area contributed by atoms with E-state index >= 15 is 0 Å². The van der Waals surface area contributed by atoms with Crippen molar-refractivity contribution in [1.29, 1.82) is 0 Å². The lowest BCUT2D eigenvalue weighted by Gasteiger charge is -2.20. The van der Waals surface area contributed by atoms with Crippen LogP contribution in [-0.2, 0) is 18.4 Å². The molecule has 0 saturated heterocycles. The Labute approximate surface area is 139 Å². The molecule has 0 aliphatic rings. The van der Waals surface area contributed by atoms with Crippen LogP contribution in [0.2, 0.25) is 0 Å². The molecule has 0 aliphatic heterocycles. The Balaban J connectivity index is 2.28. The second-order valence-corrected chi connectivity index (χ2v) is 5.91. The fraction of sp³-hybridized carbons (Fsp3) is 0.353. The number of aryl methyl sites for hydroxylation is 1. The number of halogens is 1. The average Bonchev–Trinajstić information content (AvgIpc) is 2.90. The third-order valence-electron chi connectivity index (χ3n) is 3.61. The van der Waals surface area contributed by atoms with Crippen LogP contribution in [0.1, 0.15) is 41.5 Å². The summed E-state index contributed by atoms with van der Waals surface area (Å²) < 4.78 is 14.5. The van der Waals surface area contributed by atoms with Crippen LogP contribution in [0.25, 0.3) is 0 Å². The maximum Gasteiger partial charge on any atom is 0.323 e. The summed E-state index contributed by atoms with van der Waals surface area (Å²) in [4.78, 5) is 25.1. The number of carbonyl (C=O) groups is 2. The van der Waals surface area contributed by atoms with E-state index in [4.69, 9.17) is 5.11 Å². The topological polar surface area (TPSA) is 75.4 Å². The average molecular weight is 333 g/mol. The Morgan fingerprint density at radius 2 is 1.92 bits per heavy atom. The third kappa shape index (κ3) is 4.18. The van der Waals surface area contributed by atoms with E-state index in [1.807, 2.05) is 13.8 Å². The van der Waals surface area contributed by atoms with Gasteiger partial charge in [0, 0.05) is 13.6 Å². The minimum atomic E-state index is -1.11. The van der Waals surface area contributed by atoms with Gasteiger partial charge in [-0.2, -0.15) is 5.10 Å². The quantitative estimate of drug-likeness (QED) is 0.881. The molecule has 0 aliphatic carbocycles. The molecule has 1 heterocycles. The SMILES string of the molecule is CC(C)c1cc(C(=O)N(CC(=O)O)Cc2ccc(F)cc2)n(C)n1. The predicted molar refractivity (Wildman–Crippen MR) is 86.1 cm³/mol. The van der Waals surface area contributed by atoms with Gasteiger partial charge in [-0.05, 0) is 29.7 Å². The van der Waals surface area contributed by atoms with Gasteiger partial charge in [0.05, 0.1) is 5.69 Å². The largest absolute Gasteiger partial charge is 0.480 e. The van der Waals surface area contributed by atoms with E-state index in [-0.39, 0.29) is 18.3 Å². The normalized spacial score (nSPS) is 10.9. The molecule has 0 bridgehead atoms. The molecular weight excluding hydrogens is 313 g/mol. The van der Waals surface area contributed by atoms with E-state index in [1.165, 1.54) is 33.8 Å². The lowest BCUT2D eigenvalue weighted by Crippen LogP contribution is -2.36. The van der Waals surface area contributed by atoms with E-state index in [1.54, 1.807) is 13.1 Å². The highest BCUT2D eigenvalue weighted by atomic mass is 19.1. The third-order valence-corrected chi connectivity index (χ3v) is 3.61. The summed E-state index contributed by atoms with van der Waals surface area (Å²) in [5.74, 6) is -1.77. The summed E-state index contributed by atoms with van der Waals surface area (Å²) in [6.45, 7) is 3.56. The van der Waals surface area contributed by atoms with E-state index < -0.39 is 18.4 Å². The highest BCUT2D eigenvalue weighted by molar-refractivity contribution is 5.94. The molecule has 6 nitrogen and oxygen atoms in total. The van der Waals surface area contributed by atoms with Crippen LogP contribution in [0.3, 0.4) is 0 Å². The number of aromatic nitrogens is 2. The van der Waals surface area contributed by atoms with Crippen molar-refractivity contribution >= 4 is 11.9 Å². The van der Waals surface area contributed by atoms with Gasteiger partial charge in [0.2, 0.25) is 0 Å². The number of carboxylic acids is 1. The van der Waals surface area contributed by atoms with Gasteiger partial charge in [-0.3, -0.25) is 14.3 Å². The number of benzene rings is 1. The minimum Gasteiger partial charge on any atom is -0.480 e. The van der Waals surface area contributed by atoms with Crippen LogP contribution < -0.4 is 0 Å². The molecule has 0 fully saturated rings. The molecule has 24 heavy (non-hydrogen) atoms. The number of hydrogen-bond donors (Lipinski definition) is 1. The summed E-state index contributed by atoms with van der Waals surface area (Å²) in [6, 6.07) is 7.28. The lowest BCUT2D eigenvalue weighted by molar-refractivity contribution is -0.137. The van der Waals surface area contributed by atoms with Crippen molar-refractivity contribution < 1.29 is 19.1 Å². The highest BCUT2D eigenvalue weighted by Gasteiger charge is 2.23. The van der Waals surface area contributed by atoms with Gasteiger partial charge < -0.3 is 10.0 Å². The molecule has 1 amide bonds. The molecule has 128 valence electrons. The van der Waals surface area contributed by atoms with Gasteiger partial charge in [0.1, 0.15) is 18.1 Å². The lowest BCUT2D eigenvalue weighted by atomic mass is 10.1. The monoisotopic (exact) mass is 333 g/mol. The summed E-state index contributed by atoms with van der Waals surface area (Å²) >= 11 is 0. The van der Waals surface area contributed by atoms with Crippen LogP contribution in [0.15, 0.2) is 30.3 Å². The van der Waals surface area contributed by atoms with Crippen molar-refractivity contribution in [2.24, 2.45) is 7.05 Å². The zero-order chi connectivity index (χ0) is 17.9. The Morgan fingerprint density at radius 1 is 1.29 bits per heavy atom. The van der Waals surface area contributed by atoms with Crippen molar-refractivity contribution in [2.75, 3.05) is 6.54 Å². The van der Waals surface area contributed by atoms with E-state index in [0.717, 1.165) is 5.69 Å². The molecular formula is C17H20FN3O3. The first-order valence-electron chi connectivity index (χ1n) is 7.57. The van der Waals surface area contributed by atoms with Crippen LogP contribution in [0.4, 0.5) is 4.39 Å². The van der Waals surface area contributed by atoms with Crippen LogP contribution >= 0.6 is 0 Å². The number of nitrogens with zero attached hydrogens (tertiary/aromatic N) is 3. The Kier molecular flexibility index (Phi) is 5.33. The second-order valence-electron chi connectivity index (χ2n) is 5.91. The van der Waals surface area contributed by atoms with Gasteiger partial charge in [-0.25, -0.2) is 4.39 Å². The molecule has 2 aromatic rings. The number of aliphatic carboxylic acids is 1. The minimum absolute atomic E-state index is 0.0770. The van der Waals surface area contributed by atoms with Crippen LogP contribution in [0.5, 0.6) is 0 Å². The second kappa shape index (κ2) is 7.25. The summed E-state index contributed by atoms with van der Waals surface area (Å²) in [6.07, 6.45) is 0. The summed E-state index contributed by atoms with van der Waals surface area (Å²) in [5.41, 5.74) is 1.73. The van der Waals surface area contributed by atoms with Crippen LogP contribution in [0, 0.1) is 5.82 Å². The van der Waals surface area contributed by atoms with Crippen molar-refractivity contribution in [2.45, 2.75) is 26.3 Å². The molecule has 0 radical (unpaired) electrons. The van der Waals surface area contributed by atoms with E-state index in [9.17, 15) is 14.0 Å². The first-order chi connectivity index (χ1) is 11.3. The molecule has 0 saturated carbocycles. The fourth-order valence-electron chi connectivity index (χ4n) is 2.31. The van der Waals surface area contributed by atoms with Crippen molar-refractivity contribution in [3.63, 3.8) is 0 Å². The maximum absolute atomic E-state index is 13.0.